The third-order valence-electron chi connectivity index (χ3n) is 2.32. The molecule has 0 spiro atoms. The number of β-amino-alcohol motifs (C(OH)–C–C–N with tert-alkyl or cyclic N) is 1. The summed E-state index contributed by atoms with van der Waals surface area (Å²) in [6.45, 7) is 12.7. The molecule has 0 saturated carbocycles. The third-order valence-corrected chi connectivity index (χ3v) is 2.32. The van der Waals surface area contributed by atoms with Gasteiger partial charge < -0.3 is 14.7 Å². The topological polar surface area (TPSA) is 54.1 Å². The molecule has 1 heterocycles. The van der Waals surface area contributed by atoms with Crippen molar-refractivity contribution < 1.29 is 14.6 Å². The first kappa shape index (κ1) is 12.8. The van der Waals surface area contributed by atoms with Crippen LogP contribution < -0.4 is 0 Å². The summed E-state index contributed by atoms with van der Waals surface area (Å²) in [5, 5.41) is 9.49. The largest absolute Gasteiger partial charge is 0.444 e. The lowest BCUT2D eigenvalue weighted by Crippen LogP contribution is -2.41. The number of nitrogens with zero attached hydrogens (tertiary/aromatic N) is 2. The second-order valence-electron chi connectivity index (χ2n) is 5.02. The van der Waals surface area contributed by atoms with Crippen LogP contribution in [0.25, 0.3) is 4.85 Å². The Bertz CT molecular complexity index is 303. The van der Waals surface area contributed by atoms with E-state index < -0.39 is 17.8 Å². The molecule has 0 aromatic heterocycles. The number of aliphatic hydroxyl groups is 1. The Morgan fingerprint density at radius 2 is 2.25 bits per heavy atom. The summed E-state index contributed by atoms with van der Waals surface area (Å²) < 4.78 is 5.22. The first-order valence-electron chi connectivity index (χ1n) is 5.34. The van der Waals surface area contributed by atoms with Crippen molar-refractivity contribution in [3.63, 3.8) is 0 Å². The molecular weight excluding hydrogens is 208 g/mol. The molecular formula is C11H18N2O3. The Hall–Kier alpha value is -1.28. The van der Waals surface area contributed by atoms with Crippen LogP contribution in [0.5, 0.6) is 0 Å². The van der Waals surface area contributed by atoms with E-state index in [4.69, 9.17) is 11.3 Å². The lowest BCUT2D eigenvalue weighted by molar-refractivity contribution is 0.0218. The molecule has 90 valence electrons. The van der Waals surface area contributed by atoms with Crippen LogP contribution in [0, 0.1) is 6.57 Å². The predicted octanol–water partition coefficient (Wildman–Crippen LogP) is 1.28. The molecule has 1 saturated heterocycles. The molecule has 1 N–H and O–H groups in total. The van der Waals surface area contributed by atoms with Gasteiger partial charge in [0.05, 0.1) is 12.6 Å². The van der Waals surface area contributed by atoms with Gasteiger partial charge >= 0.3 is 6.09 Å². The van der Waals surface area contributed by atoms with Gasteiger partial charge in [0.2, 0.25) is 6.54 Å². The molecule has 0 aromatic carbocycles. The van der Waals surface area contributed by atoms with Crippen molar-refractivity contribution in [2.45, 2.75) is 44.9 Å². The molecule has 1 amide bonds. The minimum atomic E-state index is -0.548. The number of amides is 1. The summed E-state index contributed by atoms with van der Waals surface area (Å²) in [5.74, 6) is 0. The normalized spacial score (nSPS) is 25.3. The highest BCUT2D eigenvalue weighted by atomic mass is 16.6. The molecule has 1 fully saturated rings. The van der Waals surface area contributed by atoms with Gasteiger partial charge in [0.25, 0.3) is 0 Å². The molecule has 2 atom stereocenters. The monoisotopic (exact) mass is 226 g/mol. The second kappa shape index (κ2) is 4.71. The zero-order valence-corrected chi connectivity index (χ0v) is 9.93. The SMILES string of the molecule is [C-]#[N+]C[C@H]1C[C@H](O)CN1C(=O)OC(C)(C)C. The summed E-state index contributed by atoms with van der Waals surface area (Å²) in [6.07, 6.45) is -0.529. The van der Waals surface area contributed by atoms with Gasteiger partial charge in [-0.1, -0.05) is 0 Å². The first-order chi connectivity index (χ1) is 7.33. The molecule has 0 unspecified atom stereocenters. The molecule has 0 aromatic rings. The van der Waals surface area contributed by atoms with Crippen molar-refractivity contribution in [2.24, 2.45) is 0 Å². The molecule has 16 heavy (non-hydrogen) atoms. The van der Waals surface area contributed by atoms with Gasteiger partial charge in [-0.3, -0.25) is 4.90 Å². The van der Waals surface area contributed by atoms with Crippen molar-refractivity contribution in [3.05, 3.63) is 11.4 Å². The average Bonchev–Trinajstić information content (AvgIpc) is 2.44. The van der Waals surface area contributed by atoms with E-state index in [-0.39, 0.29) is 19.1 Å². The maximum atomic E-state index is 11.8. The summed E-state index contributed by atoms with van der Waals surface area (Å²) in [4.78, 5) is 16.5. The molecule has 1 aliphatic rings. The van der Waals surface area contributed by atoms with Crippen molar-refractivity contribution in [2.75, 3.05) is 13.1 Å². The molecule has 1 aliphatic heterocycles. The minimum Gasteiger partial charge on any atom is -0.444 e. The van der Waals surface area contributed by atoms with E-state index in [0.717, 1.165) is 0 Å². The van der Waals surface area contributed by atoms with Crippen LogP contribution in [0.1, 0.15) is 27.2 Å². The van der Waals surface area contributed by atoms with Crippen LogP contribution >= 0.6 is 0 Å². The Labute approximate surface area is 95.8 Å². The Morgan fingerprint density at radius 3 is 2.75 bits per heavy atom. The predicted molar refractivity (Wildman–Crippen MR) is 58.8 cm³/mol. The van der Waals surface area contributed by atoms with E-state index in [1.807, 2.05) is 0 Å². The maximum Gasteiger partial charge on any atom is 0.410 e. The summed E-state index contributed by atoms with van der Waals surface area (Å²) >= 11 is 0. The van der Waals surface area contributed by atoms with E-state index in [2.05, 4.69) is 4.85 Å². The molecule has 5 heteroatoms. The van der Waals surface area contributed by atoms with Gasteiger partial charge in [0.15, 0.2) is 0 Å². The van der Waals surface area contributed by atoms with Gasteiger partial charge in [-0.2, -0.15) is 0 Å². The summed E-state index contributed by atoms with van der Waals surface area (Å²) in [7, 11) is 0. The van der Waals surface area contributed by atoms with Gasteiger partial charge in [0.1, 0.15) is 11.6 Å². The van der Waals surface area contributed by atoms with Crippen LogP contribution in [-0.4, -0.2) is 46.9 Å². The van der Waals surface area contributed by atoms with E-state index >= 15 is 0 Å². The van der Waals surface area contributed by atoms with Crippen LogP contribution in [0.2, 0.25) is 0 Å². The lowest BCUT2D eigenvalue weighted by Gasteiger charge is -2.26. The number of ether oxygens (including phenoxy) is 1. The van der Waals surface area contributed by atoms with Crippen LogP contribution in [0.3, 0.4) is 0 Å². The smallest absolute Gasteiger partial charge is 0.410 e. The first-order valence-corrected chi connectivity index (χ1v) is 5.34. The molecule has 5 nitrogen and oxygen atoms in total. The summed E-state index contributed by atoms with van der Waals surface area (Å²) in [6, 6.07) is -0.220. The number of hydrogen-bond acceptors (Lipinski definition) is 3. The van der Waals surface area contributed by atoms with E-state index in [0.29, 0.717) is 6.42 Å². The van der Waals surface area contributed by atoms with Gasteiger partial charge in [-0.25, -0.2) is 11.4 Å². The molecule has 0 radical (unpaired) electrons. The Kier molecular flexibility index (Phi) is 3.76. The summed E-state index contributed by atoms with van der Waals surface area (Å²) in [5.41, 5.74) is -0.548. The number of carbonyl (C=O) groups is 1. The second-order valence-corrected chi connectivity index (χ2v) is 5.02. The number of rotatable bonds is 1. The lowest BCUT2D eigenvalue weighted by atomic mass is 10.2. The quantitative estimate of drug-likeness (QED) is 0.685. The van der Waals surface area contributed by atoms with Gasteiger partial charge in [-0.15, -0.1) is 0 Å². The number of aliphatic hydroxyl groups excluding tert-OH is 1. The Balaban J connectivity index is 2.64. The molecule has 1 rings (SSSR count). The van der Waals surface area contributed by atoms with E-state index in [9.17, 15) is 9.90 Å². The van der Waals surface area contributed by atoms with Crippen LogP contribution in [0.4, 0.5) is 4.79 Å². The fraction of sp³-hybridized carbons (Fsp3) is 0.818. The maximum absolute atomic E-state index is 11.8. The molecule has 0 bridgehead atoms. The van der Waals surface area contributed by atoms with E-state index in [1.54, 1.807) is 20.8 Å². The number of likely N-dealkylation sites (tertiary alicyclic amines) is 1. The number of hydrogen-bond donors (Lipinski definition) is 1. The fourth-order valence-electron chi connectivity index (χ4n) is 1.71. The standard InChI is InChI=1S/C11H18N2O3/c1-11(2,3)16-10(15)13-7-9(14)5-8(13)6-12-4/h8-9,14H,5-7H2,1-3H3/t8-,9+/m1/s1. The van der Waals surface area contributed by atoms with Crippen molar-refractivity contribution >= 4 is 6.09 Å². The van der Waals surface area contributed by atoms with Crippen molar-refractivity contribution in [3.8, 4) is 0 Å². The van der Waals surface area contributed by atoms with Crippen molar-refractivity contribution in [1.82, 2.24) is 4.90 Å². The zero-order chi connectivity index (χ0) is 12.3. The molecule has 0 aliphatic carbocycles. The highest BCUT2D eigenvalue weighted by Gasteiger charge is 2.38. The van der Waals surface area contributed by atoms with E-state index in [1.165, 1.54) is 4.90 Å². The average molecular weight is 226 g/mol. The van der Waals surface area contributed by atoms with Crippen LogP contribution in [-0.2, 0) is 4.74 Å². The minimum absolute atomic E-state index is 0.219. The zero-order valence-electron chi connectivity index (χ0n) is 9.93. The van der Waals surface area contributed by atoms with Gasteiger partial charge in [0, 0.05) is 6.42 Å². The van der Waals surface area contributed by atoms with Crippen molar-refractivity contribution in [1.29, 1.82) is 0 Å². The fourth-order valence-corrected chi connectivity index (χ4v) is 1.71. The van der Waals surface area contributed by atoms with Crippen LogP contribution in [0.15, 0.2) is 0 Å². The third kappa shape index (κ3) is 3.38. The highest BCUT2D eigenvalue weighted by Crippen LogP contribution is 2.21. The Morgan fingerprint density at radius 1 is 1.62 bits per heavy atom. The highest BCUT2D eigenvalue weighted by molar-refractivity contribution is 5.69. The van der Waals surface area contributed by atoms with Gasteiger partial charge in [-0.05, 0) is 20.8 Å². The number of carbonyl (C=O) groups excluding carboxylic acids is 1.